The molecule has 0 bridgehead atoms. The van der Waals surface area contributed by atoms with Crippen LogP contribution in [0.25, 0.3) is 12.2 Å². The van der Waals surface area contributed by atoms with Gasteiger partial charge in [0.05, 0.1) is 22.3 Å². The van der Waals surface area contributed by atoms with Crippen LogP contribution in [0.1, 0.15) is 36.8 Å². The molecular weight excluding hydrogens is 456 g/mol. The Morgan fingerprint density at radius 2 is 1.09 bits per heavy atom. The zero-order valence-electron chi connectivity index (χ0n) is 17.0. The summed E-state index contributed by atoms with van der Waals surface area (Å²) in [7, 11) is -8.44. The van der Waals surface area contributed by atoms with Gasteiger partial charge in [-0.05, 0) is 49.0 Å². The van der Waals surface area contributed by atoms with Crippen LogP contribution in [-0.2, 0) is 29.8 Å². The number of carbonyl (C=O) groups excluding carboxylic acids is 2. The van der Waals surface area contributed by atoms with Crippen molar-refractivity contribution >= 4 is 44.0 Å². The fourth-order valence-corrected chi connectivity index (χ4v) is 8.22. The van der Waals surface area contributed by atoms with Gasteiger partial charge in [-0.2, -0.15) is 16.8 Å². The second kappa shape index (κ2) is 6.69. The summed E-state index contributed by atoms with van der Waals surface area (Å²) in [6.07, 6.45) is 5.84. The Morgan fingerprint density at radius 3 is 1.31 bits per heavy atom. The number of hydrogen-bond acceptors (Lipinski definition) is 6. The van der Waals surface area contributed by atoms with E-state index in [-0.39, 0.29) is 23.4 Å². The number of benzene rings is 1. The van der Waals surface area contributed by atoms with Crippen LogP contribution in [0, 0.1) is 22.7 Å². The van der Waals surface area contributed by atoms with Gasteiger partial charge >= 0.3 is 0 Å². The SMILES string of the molecule is O=C1/C(=C/c2ccc(/C=C3/C(=O)C4(CS(=O)(=O)O)CCC34)cc2)C2CCC12CS(=O)(=O)O. The van der Waals surface area contributed by atoms with Crippen LogP contribution in [0.3, 0.4) is 0 Å². The summed E-state index contributed by atoms with van der Waals surface area (Å²) in [6.45, 7) is 0. The van der Waals surface area contributed by atoms with Gasteiger partial charge in [-0.1, -0.05) is 24.3 Å². The van der Waals surface area contributed by atoms with Gasteiger partial charge in [0.1, 0.15) is 0 Å². The van der Waals surface area contributed by atoms with Gasteiger partial charge < -0.3 is 0 Å². The van der Waals surface area contributed by atoms with E-state index in [0.29, 0.717) is 36.8 Å². The van der Waals surface area contributed by atoms with Gasteiger partial charge in [-0.3, -0.25) is 18.7 Å². The summed E-state index contributed by atoms with van der Waals surface area (Å²) in [5.74, 6) is -1.80. The van der Waals surface area contributed by atoms with Crippen molar-refractivity contribution in [3.63, 3.8) is 0 Å². The van der Waals surface area contributed by atoms with Gasteiger partial charge in [0.25, 0.3) is 20.2 Å². The van der Waals surface area contributed by atoms with Crippen molar-refractivity contribution in [2.45, 2.75) is 25.7 Å². The Bertz CT molecular complexity index is 1220. The molecule has 0 aromatic heterocycles. The van der Waals surface area contributed by atoms with Crippen molar-refractivity contribution < 1.29 is 35.5 Å². The molecule has 4 unspecified atom stereocenters. The highest BCUT2D eigenvalue weighted by molar-refractivity contribution is 7.86. The number of Topliss-reactive ketones (excluding diaryl/α,β-unsaturated/α-hetero) is 2. The highest BCUT2D eigenvalue weighted by Gasteiger charge is 2.66. The first kappa shape index (κ1) is 21.7. The average Bonchev–Trinajstić information content (AvgIpc) is 2.66. The molecule has 5 rings (SSSR count). The number of allylic oxidation sites excluding steroid dienone is 2. The van der Waals surface area contributed by atoms with Crippen LogP contribution >= 0.6 is 0 Å². The Hall–Kier alpha value is -2.14. The Morgan fingerprint density at radius 1 is 0.750 bits per heavy atom. The minimum atomic E-state index is -4.22. The maximum Gasteiger partial charge on any atom is 0.265 e. The second-order valence-corrected chi connectivity index (χ2v) is 12.4. The Kier molecular flexibility index (Phi) is 4.54. The largest absolute Gasteiger partial charge is 0.294 e. The standard InChI is InChI=1S/C22H22O8S2/c23-19-15(17-5-7-21(17,19)11-31(25,26)27)9-13-1-2-14(4-3-13)10-16-18-6-8-22(18,20(16)24)12-32(28,29)30/h1-4,9-10,17-18H,5-8,11-12H2,(H,25,26,27)(H,28,29,30)/b15-9+,16-10+. The molecule has 4 aliphatic rings. The maximum absolute atomic E-state index is 12.6. The molecule has 32 heavy (non-hydrogen) atoms. The predicted octanol–water partition coefficient (Wildman–Crippen LogP) is 2.19. The van der Waals surface area contributed by atoms with Crippen LogP contribution in [0.4, 0.5) is 0 Å². The van der Waals surface area contributed by atoms with E-state index >= 15 is 0 Å². The highest BCUT2D eigenvalue weighted by atomic mass is 32.2. The molecule has 1 aromatic rings. The molecule has 1 aromatic carbocycles. The van der Waals surface area contributed by atoms with Gasteiger partial charge in [0.15, 0.2) is 11.6 Å². The van der Waals surface area contributed by atoms with E-state index in [0.717, 1.165) is 11.1 Å². The third-order valence-corrected chi connectivity index (χ3v) is 9.49. The summed E-state index contributed by atoms with van der Waals surface area (Å²) in [5, 5.41) is 0. The van der Waals surface area contributed by atoms with Gasteiger partial charge in [-0.25, -0.2) is 0 Å². The maximum atomic E-state index is 12.6. The van der Waals surface area contributed by atoms with Crippen LogP contribution < -0.4 is 0 Å². The molecule has 4 fully saturated rings. The van der Waals surface area contributed by atoms with Crippen LogP contribution in [0.15, 0.2) is 35.4 Å². The second-order valence-electron chi connectivity index (χ2n) is 9.47. The van der Waals surface area contributed by atoms with E-state index in [2.05, 4.69) is 0 Å². The summed E-state index contributed by atoms with van der Waals surface area (Å²) < 4.78 is 63.3. The lowest BCUT2D eigenvalue weighted by atomic mass is 9.45. The Labute approximate surface area is 185 Å². The highest BCUT2D eigenvalue weighted by Crippen LogP contribution is 2.63. The number of rotatable bonds is 6. The van der Waals surface area contributed by atoms with E-state index in [9.17, 15) is 26.4 Å². The third-order valence-electron chi connectivity index (χ3n) is 7.73. The zero-order chi connectivity index (χ0) is 23.1. The molecule has 0 spiro atoms. The minimum absolute atomic E-state index is 0.152. The molecular formula is C22H22O8S2. The number of carbonyl (C=O) groups is 2. The molecule has 0 aliphatic heterocycles. The average molecular weight is 479 g/mol. The molecule has 0 radical (unpaired) electrons. The lowest BCUT2D eigenvalue weighted by molar-refractivity contribution is -0.144. The Balaban J connectivity index is 1.31. The fourth-order valence-electron chi connectivity index (χ4n) is 5.97. The molecule has 0 heterocycles. The lowest BCUT2D eigenvalue weighted by Gasteiger charge is -2.57. The normalized spacial score (nSPS) is 35.9. The number of fused-ring (bicyclic) bond motifs is 2. The molecule has 4 atom stereocenters. The first-order chi connectivity index (χ1) is 14.8. The van der Waals surface area contributed by atoms with Crippen molar-refractivity contribution in [2.75, 3.05) is 11.5 Å². The van der Waals surface area contributed by atoms with Crippen LogP contribution in [-0.4, -0.2) is 49.0 Å². The molecule has 10 heteroatoms. The van der Waals surface area contributed by atoms with E-state index in [4.69, 9.17) is 9.11 Å². The molecule has 0 amide bonds. The topological polar surface area (TPSA) is 143 Å². The zero-order valence-corrected chi connectivity index (χ0v) is 18.7. The van der Waals surface area contributed by atoms with Crippen LogP contribution in [0.5, 0.6) is 0 Å². The summed E-state index contributed by atoms with van der Waals surface area (Å²) in [5.41, 5.74) is 0.755. The van der Waals surface area contributed by atoms with E-state index in [1.54, 1.807) is 36.4 Å². The number of hydrogen-bond donors (Lipinski definition) is 2. The van der Waals surface area contributed by atoms with Gasteiger partial charge in [0.2, 0.25) is 0 Å². The third kappa shape index (κ3) is 3.15. The molecule has 170 valence electrons. The molecule has 0 saturated heterocycles. The molecule has 2 N–H and O–H groups in total. The molecule has 4 saturated carbocycles. The van der Waals surface area contributed by atoms with Crippen molar-refractivity contribution in [1.29, 1.82) is 0 Å². The van der Waals surface area contributed by atoms with Crippen molar-refractivity contribution in [2.24, 2.45) is 22.7 Å². The van der Waals surface area contributed by atoms with E-state index in [1.807, 2.05) is 0 Å². The first-order valence-electron chi connectivity index (χ1n) is 10.4. The van der Waals surface area contributed by atoms with E-state index < -0.39 is 42.6 Å². The fraction of sp³-hybridized carbons (Fsp3) is 0.455. The van der Waals surface area contributed by atoms with Gasteiger partial charge in [-0.15, -0.1) is 0 Å². The quantitative estimate of drug-likeness (QED) is 0.468. The van der Waals surface area contributed by atoms with Gasteiger partial charge in [0, 0.05) is 23.0 Å². The summed E-state index contributed by atoms with van der Waals surface area (Å²) in [4.78, 5) is 25.1. The van der Waals surface area contributed by atoms with E-state index in [1.165, 1.54) is 0 Å². The van der Waals surface area contributed by atoms with Crippen molar-refractivity contribution in [3.8, 4) is 0 Å². The van der Waals surface area contributed by atoms with Crippen molar-refractivity contribution in [1.82, 2.24) is 0 Å². The molecule has 8 nitrogen and oxygen atoms in total. The summed E-state index contributed by atoms with van der Waals surface area (Å²) >= 11 is 0. The monoisotopic (exact) mass is 478 g/mol. The number of ketones is 2. The van der Waals surface area contributed by atoms with Crippen molar-refractivity contribution in [3.05, 3.63) is 46.5 Å². The lowest BCUT2D eigenvalue weighted by Crippen LogP contribution is -2.62. The smallest absolute Gasteiger partial charge is 0.265 e. The molecule has 4 aliphatic carbocycles. The summed E-state index contributed by atoms with van der Waals surface area (Å²) in [6, 6.07) is 7.18. The van der Waals surface area contributed by atoms with Crippen LogP contribution in [0.2, 0.25) is 0 Å². The first-order valence-corrected chi connectivity index (χ1v) is 13.6. The predicted molar refractivity (Wildman–Crippen MR) is 116 cm³/mol. The minimum Gasteiger partial charge on any atom is -0.294 e.